The van der Waals surface area contributed by atoms with Crippen LogP contribution in [0.15, 0.2) is 24.3 Å². The Bertz CT molecular complexity index is 262. The van der Waals surface area contributed by atoms with E-state index in [4.69, 9.17) is 9.47 Å². The summed E-state index contributed by atoms with van der Waals surface area (Å²) >= 11 is 0. The van der Waals surface area contributed by atoms with Crippen molar-refractivity contribution in [1.82, 2.24) is 0 Å². The first-order valence-corrected chi connectivity index (χ1v) is 4.74. The summed E-state index contributed by atoms with van der Waals surface area (Å²) in [5, 5.41) is 0. The van der Waals surface area contributed by atoms with Gasteiger partial charge in [0.15, 0.2) is 0 Å². The van der Waals surface area contributed by atoms with Crippen LogP contribution in [0.2, 0.25) is 0 Å². The van der Waals surface area contributed by atoms with Gasteiger partial charge in [-0.2, -0.15) is 0 Å². The van der Waals surface area contributed by atoms with Crippen molar-refractivity contribution in [2.45, 2.75) is 19.4 Å². The fourth-order valence-corrected chi connectivity index (χ4v) is 1.24. The molecular weight excluding hydrogens is 164 g/mol. The van der Waals surface area contributed by atoms with Crippen LogP contribution in [0, 0.1) is 0 Å². The number of hydrogen-bond donors (Lipinski definition) is 0. The summed E-state index contributed by atoms with van der Waals surface area (Å²) in [4.78, 5) is 0. The number of hydrogen-bond acceptors (Lipinski definition) is 2. The van der Waals surface area contributed by atoms with Gasteiger partial charge in [-0.1, -0.05) is 19.1 Å². The largest absolute Gasteiger partial charge is 0.494 e. The lowest BCUT2D eigenvalue weighted by atomic mass is 10.2. The molecule has 0 aliphatic carbocycles. The summed E-state index contributed by atoms with van der Waals surface area (Å²) < 4.78 is 10.6. The summed E-state index contributed by atoms with van der Waals surface area (Å²) in [7, 11) is 0. The Morgan fingerprint density at radius 3 is 2.62 bits per heavy atom. The van der Waals surface area contributed by atoms with Crippen LogP contribution in [0.3, 0.4) is 0 Å². The van der Waals surface area contributed by atoms with E-state index in [0.717, 1.165) is 25.4 Å². The maximum absolute atomic E-state index is 5.47. The molecule has 1 aromatic rings. The molecule has 1 heterocycles. The standard InChI is InChI=1S/C11H14O2/c1-2-7-12-10-5-3-9(4-6-10)11-8-13-11/h3-6,11H,2,7-8H2,1H3. The maximum atomic E-state index is 5.47. The van der Waals surface area contributed by atoms with Gasteiger partial charge in [-0.05, 0) is 24.1 Å². The lowest BCUT2D eigenvalue weighted by Crippen LogP contribution is -1.94. The second kappa shape index (κ2) is 3.79. The van der Waals surface area contributed by atoms with Crippen molar-refractivity contribution in [3.63, 3.8) is 0 Å². The van der Waals surface area contributed by atoms with Gasteiger partial charge in [0, 0.05) is 0 Å². The first-order chi connectivity index (χ1) is 6.40. The van der Waals surface area contributed by atoms with Crippen LogP contribution in [0.4, 0.5) is 0 Å². The van der Waals surface area contributed by atoms with Crippen molar-refractivity contribution in [1.29, 1.82) is 0 Å². The molecule has 70 valence electrons. The van der Waals surface area contributed by atoms with Gasteiger partial charge in [0.2, 0.25) is 0 Å². The van der Waals surface area contributed by atoms with E-state index in [1.807, 2.05) is 12.1 Å². The molecule has 0 N–H and O–H groups in total. The molecule has 1 aromatic carbocycles. The molecule has 0 amide bonds. The molecule has 2 heteroatoms. The van der Waals surface area contributed by atoms with Crippen LogP contribution in [0.5, 0.6) is 5.75 Å². The van der Waals surface area contributed by atoms with Gasteiger partial charge in [0.05, 0.1) is 13.2 Å². The fraction of sp³-hybridized carbons (Fsp3) is 0.455. The second-order valence-corrected chi connectivity index (χ2v) is 3.24. The summed E-state index contributed by atoms with van der Waals surface area (Å²) in [5.41, 5.74) is 1.25. The van der Waals surface area contributed by atoms with Crippen LogP contribution < -0.4 is 4.74 Å². The molecule has 0 aromatic heterocycles. The van der Waals surface area contributed by atoms with Crippen LogP contribution in [-0.2, 0) is 4.74 Å². The lowest BCUT2D eigenvalue weighted by molar-refractivity contribution is 0.317. The van der Waals surface area contributed by atoms with Crippen molar-refractivity contribution in [3.05, 3.63) is 29.8 Å². The highest BCUT2D eigenvalue weighted by Gasteiger charge is 2.24. The van der Waals surface area contributed by atoms with E-state index in [1.54, 1.807) is 0 Å². The average molecular weight is 178 g/mol. The van der Waals surface area contributed by atoms with Gasteiger partial charge in [-0.3, -0.25) is 0 Å². The van der Waals surface area contributed by atoms with Crippen LogP contribution in [0.1, 0.15) is 25.0 Å². The molecular formula is C11H14O2. The predicted octanol–water partition coefficient (Wildman–Crippen LogP) is 2.55. The van der Waals surface area contributed by atoms with Gasteiger partial charge >= 0.3 is 0 Å². The van der Waals surface area contributed by atoms with Crippen molar-refractivity contribution < 1.29 is 9.47 Å². The minimum absolute atomic E-state index is 0.347. The minimum Gasteiger partial charge on any atom is -0.494 e. The normalized spacial score (nSPS) is 19.9. The van der Waals surface area contributed by atoms with Crippen molar-refractivity contribution in [2.75, 3.05) is 13.2 Å². The molecule has 1 aliphatic rings. The third kappa shape index (κ3) is 2.22. The third-order valence-electron chi connectivity index (χ3n) is 2.06. The molecule has 1 atom stereocenters. The van der Waals surface area contributed by atoms with Crippen molar-refractivity contribution >= 4 is 0 Å². The summed E-state index contributed by atoms with van der Waals surface area (Å²) in [6, 6.07) is 8.16. The summed E-state index contributed by atoms with van der Waals surface area (Å²) in [6.45, 7) is 3.76. The molecule has 1 aliphatic heterocycles. The zero-order valence-corrected chi connectivity index (χ0v) is 7.82. The zero-order valence-electron chi connectivity index (χ0n) is 7.82. The SMILES string of the molecule is CCCOc1ccc(C2CO2)cc1. The molecule has 0 saturated carbocycles. The lowest BCUT2D eigenvalue weighted by Gasteiger charge is -2.04. The van der Waals surface area contributed by atoms with E-state index >= 15 is 0 Å². The van der Waals surface area contributed by atoms with Gasteiger partial charge in [0.1, 0.15) is 11.9 Å². The molecule has 0 bridgehead atoms. The van der Waals surface area contributed by atoms with E-state index < -0.39 is 0 Å². The molecule has 0 spiro atoms. The predicted molar refractivity (Wildman–Crippen MR) is 50.9 cm³/mol. The third-order valence-corrected chi connectivity index (χ3v) is 2.06. The molecule has 1 saturated heterocycles. The van der Waals surface area contributed by atoms with E-state index in [1.165, 1.54) is 5.56 Å². The monoisotopic (exact) mass is 178 g/mol. The highest BCUT2D eigenvalue weighted by Crippen LogP contribution is 2.30. The average Bonchev–Trinajstić information content (AvgIpc) is 2.99. The molecule has 2 nitrogen and oxygen atoms in total. The quantitative estimate of drug-likeness (QED) is 0.661. The molecule has 1 fully saturated rings. The molecule has 1 unspecified atom stereocenters. The number of benzene rings is 1. The summed E-state index contributed by atoms with van der Waals surface area (Å²) in [5.74, 6) is 0.950. The number of epoxide rings is 1. The Morgan fingerprint density at radius 2 is 2.08 bits per heavy atom. The summed E-state index contributed by atoms with van der Waals surface area (Å²) in [6.07, 6.45) is 1.40. The zero-order chi connectivity index (χ0) is 9.10. The van der Waals surface area contributed by atoms with E-state index in [-0.39, 0.29) is 0 Å². The highest BCUT2D eigenvalue weighted by molar-refractivity contribution is 5.29. The topological polar surface area (TPSA) is 21.8 Å². The maximum Gasteiger partial charge on any atom is 0.119 e. The Morgan fingerprint density at radius 1 is 1.38 bits per heavy atom. The van der Waals surface area contributed by atoms with Gasteiger partial charge in [-0.25, -0.2) is 0 Å². The second-order valence-electron chi connectivity index (χ2n) is 3.24. The molecule has 2 rings (SSSR count). The minimum atomic E-state index is 0.347. The van der Waals surface area contributed by atoms with E-state index in [9.17, 15) is 0 Å². The van der Waals surface area contributed by atoms with Crippen LogP contribution in [-0.4, -0.2) is 13.2 Å². The first-order valence-electron chi connectivity index (χ1n) is 4.74. The first kappa shape index (κ1) is 8.57. The van der Waals surface area contributed by atoms with Crippen LogP contribution >= 0.6 is 0 Å². The van der Waals surface area contributed by atoms with Crippen LogP contribution in [0.25, 0.3) is 0 Å². The molecule has 13 heavy (non-hydrogen) atoms. The molecule has 0 radical (unpaired) electrons. The Labute approximate surface area is 78.5 Å². The highest BCUT2D eigenvalue weighted by atomic mass is 16.6. The Kier molecular flexibility index (Phi) is 2.50. The smallest absolute Gasteiger partial charge is 0.119 e. The number of rotatable bonds is 4. The van der Waals surface area contributed by atoms with Gasteiger partial charge in [-0.15, -0.1) is 0 Å². The van der Waals surface area contributed by atoms with Gasteiger partial charge < -0.3 is 9.47 Å². The van der Waals surface area contributed by atoms with Gasteiger partial charge in [0.25, 0.3) is 0 Å². The van der Waals surface area contributed by atoms with Crippen molar-refractivity contribution in [3.8, 4) is 5.75 Å². The number of ether oxygens (including phenoxy) is 2. The fourth-order valence-electron chi connectivity index (χ4n) is 1.24. The van der Waals surface area contributed by atoms with E-state index in [0.29, 0.717) is 6.10 Å². The Hall–Kier alpha value is -1.02. The Balaban J connectivity index is 1.96. The van der Waals surface area contributed by atoms with E-state index in [2.05, 4.69) is 19.1 Å². The van der Waals surface area contributed by atoms with Crippen molar-refractivity contribution in [2.24, 2.45) is 0 Å².